The number of nitrogens with one attached hydrogen (secondary N) is 1. The Labute approximate surface area is 148 Å². The predicted molar refractivity (Wildman–Crippen MR) is 97.2 cm³/mol. The van der Waals surface area contributed by atoms with Gasteiger partial charge in [0.05, 0.1) is 18.1 Å². The van der Waals surface area contributed by atoms with Gasteiger partial charge in [-0.1, -0.05) is 37.3 Å². The number of fused-ring (bicyclic) bond motifs is 1. The van der Waals surface area contributed by atoms with Crippen molar-refractivity contribution in [2.24, 2.45) is 5.41 Å². The number of anilines is 1. The second-order valence-corrected chi connectivity index (χ2v) is 7.80. The molecule has 1 fully saturated rings. The van der Waals surface area contributed by atoms with Gasteiger partial charge in [-0.05, 0) is 30.9 Å². The van der Waals surface area contributed by atoms with Crippen LogP contribution in [0.5, 0.6) is 0 Å². The standard InChI is InChI=1S/C21H24N2O2/c1-3-20-9-6-11-23-12-10-21(19(20)23)15-7-4-5-8-16(15)22-17(21)14(13-20)18(24)25-2/h4-9,19,22H,3,10-13H2,1-2H3/t19-,20+,21+/m1/s1. The molecule has 1 saturated heterocycles. The number of methoxy groups -OCH3 is 1. The van der Waals surface area contributed by atoms with E-state index >= 15 is 0 Å². The first kappa shape index (κ1) is 15.2. The van der Waals surface area contributed by atoms with Crippen molar-refractivity contribution in [3.8, 4) is 0 Å². The Bertz CT molecular complexity index is 827. The molecule has 4 heteroatoms. The SMILES string of the molecule is CC[C@]12C=CCN3CC[C@]4(C(=C(C(=O)OC)C1)Nc1ccccc14)[C@H]32. The van der Waals surface area contributed by atoms with Crippen LogP contribution in [-0.4, -0.2) is 37.1 Å². The molecule has 0 amide bonds. The molecule has 4 aliphatic rings. The number of para-hydroxylation sites is 1. The highest BCUT2D eigenvalue weighted by atomic mass is 16.5. The highest BCUT2D eigenvalue weighted by molar-refractivity contribution is 5.93. The third-order valence-electron chi connectivity index (χ3n) is 6.97. The van der Waals surface area contributed by atoms with E-state index in [-0.39, 0.29) is 16.8 Å². The average Bonchev–Trinajstić information content (AvgIpc) is 3.21. The molecule has 0 bridgehead atoms. The summed E-state index contributed by atoms with van der Waals surface area (Å²) in [5, 5.41) is 3.62. The number of carbonyl (C=O) groups excluding carboxylic acids is 1. The second-order valence-electron chi connectivity index (χ2n) is 7.80. The summed E-state index contributed by atoms with van der Waals surface area (Å²) in [6, 6.07) is 8.99. The molecule has 25 heavy (non-hydrogen) atoms. The summed E-state index contributed by atoms with van der Waals surface area (Å²) in [6.07, 6.45) is 7.53. The summed E-state index contributed by atoms with van der Waals surface area (Å²) < 4.78 is 5.19. The molecule has 0 saturated carbocycles. The van der Waals surface area contributed by atoms with E-state index in [1.807, 2.05) is 0 Å². The molecule has 0 unspecified atom stereocenters. The van der Waals surface area contributed by atoms with Crippen molar-refractivity contribution < 1.29 is 9.53 Å². The van der Waals surface area contributed by atoms with Gasteiger partial charge in [-0.2, -0.15) is 0 Å². The van der Waals surface area contributed by atoms with Crippen molar-refractivity contribution in [1.29, 1.82) is 0 Å². The number of ether oxygens (including phenoxy) is 1. The molecule has 3 aliphatic heterocycles. The van der Waals surface area contributed by atoms with Gasteiger partial charge in [0.25, 0.3) is 0 Å². The van der Waals surface area contributed by atoms with Crippen LogP contribution in [-0.2, 0) is 14.9 Å². The molecule has 1 aromatic rings. The Hall–Kier alpha value is -2.07. The molecule has 4 nitrogen and oxygen atoms in total. The van der Waals surface area contributed by atoms with E-state index < -0.39 is 0 Å². The van der Waals surface area contributed by atoms with Crippen LogP contribution in [0.1, 0.15) is 31.7 Å². The molecule has 1 spiro atoms. The van der Waals surface area contributed by atoms with E-state index in [9.17, 15) is 4.79 Å². The summed E-state index contributed by atoms with van der Waals surface area (Å²) in [5.74, 6) is -0.182. The van der Waals surface area contributed by atoms with Gasteiger partial charge in [0, 0.05) is 35.9 Å². The van der Waals surface area contributed by atoms with E-state index in [4.69, 9.17) is 4.74 Å². The zero-order valence-electron chi connectivity index (χ0n) is 14.8. The van der Waals surface area contributed by atoms with Gasteiger partial charge in [-0.15, -0.1) is 0 Å². The van der Waals surface area contributed by atoms with Gasteiger partial charge in [-0.3, -0.25) is 4.90 Å². The van der Waals surface area contributed by atoms with Gasteiger partial charge in [0.15, 0.2) is 0 Å². The number of hydrogen-bond donors (Lipinski definition) is 1. The molecule has 3 atom stereocenters. The smallest absolute Gasteiger partial charge is 0.335 e. The van der Waals surface area contributed by atoms with E-state index in [0.29, 0.717) is 6.04 Å². The van der Waals surface area contributed by atoms with Crippen LogP contribution in [0.4, 0.5) is 5.69 Å². The second kappa shape index (κ2) is 4.98. The van der Waals surface area contributed by atoms with Crippen LogP contribution >= 0.6 is 0 Å². The Balaban J connectivity index is 1.83. The van der Waals surface area contributed by atoms with E-state index in [1.54, 1.807) is 0 Å². The number of carbonyl (C=O) groups is 1. The van der Waals surface area contributed by atoms with Crippen molar-refractivity contribution in [1.82, 2.24) is 4.90 Å². The van der Waals surface area contributed by atoms with Gasteiger partial charge in [0.1, 0.15) is 0 Å². The van der Waals surface area contributed by atoms with Crippen LogP contribution in [0.2, 0.25) is 0 Å². The summed E-state index contributed by atoms with van der Waals surface area (Å²) in [7, 11) is 1.49. The minimum absolute atomic E-state index is 0.000898. The highest BCUT2D eigenvalue weighted by Gasteiger charge is 2.65. The molecule has 130 valence electrons. The fourth-order valence-electron chi connectivity index (χ4n) is 6.02. The maximum Gasteiger partial charge on any atom is 0.335 e. The number of benzene rings is 1. The van der Waals surface area contributed by atoms with Crippen LogP contribution in [0.25, 0.3) is 0 Å². The third-order valence-corrected chi connectivity index (χ3v) is 6.97. The lowest BCUT2D eigenvalue weighted by molar-refractivity contribution is -0.137. The Morgan fingerprint density at radius 1 is 1.40 bits per heavy atom. The number of esters is 1. The third kappa shape index (κ3) is 1.68. The van der Waals surface area contributed by atoms with Crippen molar-refractivity contribution in [2.45, 2.75) is 37.6 Å². The van der Waals surface area contributed by atoms with Gasteiger partial charge in [0.2, 0.25) is 0 Å². The van der Waals surface area contributed by atoms with Crippen LogP contribution < -0.4 is 5.32 Å². The van der Waals surface area contributed by atoms with Crippen LogP contribution in [0.3, 0.4) is 0 Å². The van der Waals surface area contributed by atoms with Gasteiger partial charge in [-0.25, -0.2) is 4.79 Å². The average molecular weight is 336 g/mol. The van der Waals surface area contributed by atoms with Gasteiger partial charge < -0.3 is 10.1 Å². The summed E-state index contributed by atoms with van der Waals surface area (Å²) in [4.78, 5) is 15.3. The molecular formula is C21H24N2O2. The van der Waals surface area contributed by atoms with E-state index in [1.165, 1.54) is 12.7 Å². The molecule has 1 N–H and O–H groups in total. The fraction of sp³-hybridized carbons (Fsp3) is 0.476. The minimum atomic E-state index is -0.182. The topological polar surface area (TPSA) is 41.6 Å². The lowest BCUT2D eigenvalue weighted by Crippen LogP contribution is -2.58. The van der Waals surface area contributed by atoms with Crippen molar-refractivity contribution in [3.63, 3.8) is 0 Å². The first-order valence-corrected chi connectivity index (χ1v) is 9.26. The molecule has 1 aromatic carbocycles. The minimum Gasteiger partial charge on any atom is -0.466 e. The summed E-state index contributed by atoms with van der Waals surface area (Å²) in [6.45, 7) is 4.34. The molecule has 0 radical (unpaired) electrons. The van der Waals surface area contributed by atoms with Crippen LogP contribution in [0, 0.1) is 5.41 Å². The normalized spacial score (nSPS) is 35.0. The first-order valence-electron chi connectivity index (χ1n) is 9.26. The molecular weight excluding hydrogens is 312 g/mol. The zero-order valence-corrected chi connectivity index (χ0v) is 14.8. The lowest BCUT2D eigenvalue weighted by Gasteiger charge is -2.53. The Kier molecular flexibility index (Phi) is 3.03. The zero-order chi connectivity index (χ0) is 17.2. The largest absolute Gasteiger partial charge is 0.466 e. The Morgan fingerprint density at radius 3 is 3.04 bits per heavy atom. The number of hydrogen-bond acceptors (Lipinski definition) is 4. The molecule has 3 heterocycles. The van der Waals surface area contributed by atoms with Crippen molar-refractivity contribution in [2.75, 3.05) is 25.5 Å². The number of nitrogens with zero attached hydrogens (tertiary/aromatic N) is 1. The fourth-order valence-corrected chi connectivity index (χ4v) is 6.02. The number of rotatable bonds is 2. The maximum absolute atomic E-state index is 12.7. The summed E-state index contributed by atoms with van der Waals surface area (Å²) >= 11 is 0. The maximum atomic E-state index is 12.7. The quantitative estimate of drug-likeness (QED) is 0.665. The van der Waals surface area contributed by atoms with E-state index in [0.717, 1.165) is 49.3 Å². The monoisotopic (exact) mass is 336 g/mol. The van der Waals surface area contributed by atoms with Gasteiger partial charge >= 0.3 is 5.97 Å². The molecule has 1 aliphatic carbocycles. The molecule has 5 rings (SSSR count). The first-order chi connectivity index (χ1) is 12.2. The van der Waals surface area contributed by atoms with Crippen LogP contribution in [0.15, 0.2) is 47.7 Å². The van der Waals surface area contributed by atoms with Crippen molar-refractivity contribution >= 4 is 11.7 Å². The van der Waals surface area contributed by atoms with Crippen molar-refractivity contribution in [3.05, 3.63) is 53.3 Å². The summed E-state index contributed by atoms with van der Waals surface area (Å²) in [5.41, 5.74) is 4.34. The Morgan fingerprint density at radius 2 is 2.24 bits per heavy atom. The predicted octanol–water partition coefficient (Wildman–Crippen LogP) is 3.22. The highest BCUT2D eigenvalue weighted by Crippen LogP contribution is 2.64. The van der Waals surface area contributed by atoms with E-state index in [2.05, 4.69) is 53.6 Å². The molecule has 0 aromatic heterocycles. The lowest BCUT2D eigenvalue weighted by atomic mass is 9.55.